The molecule has 0 fully saturated rings. The van der Waals surface area contributed by atoms with E-state index in [0.29, 0.717) is 11.4 Å². The Labute approximate surface area is 119 Å². The molecule has 0 radical (unpaired) electrons. The average Bonchev–Trinajstić information content (AvgIpc) is 2.48. The van der Waals surface area contributed by atoms with Crippen molar-refractivity contribution in [3.05, 3.63) is 64.0 Å². The Kier molecular flexibility index (Phi) is 4.13. The number of nitro groups is 1. The van der Waals surface area contributed by atoms with Crippen LogP contribution in [0.2, 0.25) is 0 Å². The number of carbonyl (C=O) groups excluding carboxylic acids is 1. The summed E-state index contributed by atoms with van der Waals surface area (Å²) < 4.78 is 12.8. The van der Waals surface area contributed by atoms with Crippen molar-refractivity contribution in [3.8, 4) is 0 Å². The van der Waals surface area contributed by atoms with Gasteiger partial charge in [-0.2, -0.15) is 0 Å². The molecule has 0 heterocycles. The van der Waals surface area contributed by atoms with Gasteiger partial charge in [0.1, 0.15) is 5.82 Å². The lowest BCUT2D eigenvalue weighted by Gasteiger charge is -2.09. The molecule has 1 amide bonds. The highest BCUT2D eigenvalue weighted by Crippen LogP contribution is 2.23. The lowest BCUT2D eigenvalue weighted by molar-refractivity contribution is -0.384. The number of hydrogen-bond donors (Lipinski definition) is 2. The maximum Gasteiger partial charge on any atom is 0.270 e. The number of non-ortho nitro benzene ring substituents is 1. The molecule has 0 aromatic heterocycles. The van der Waals surface area contributed by atoms with Crippen LogP contribution in [-0.4, -0.2) is 17.9 Å². The fourth-order valence-electron chi connectivity index (χ4n) is 1.78. The highest BCUT2D eigenvalue weighted by molar-refractivity contribution is 6.08. The Morgan fingerprint density at radius 3 is 2.43 bits per heavy atom. The number of benzene rings is 2. The van der Waals surface area contributed by atoms with Crippen molar-refractivity contribution in [2.75, 3.05) is 17.7 Å². The summed E-state index contributed by atoms with van der Waals surface area (Å²) in [6, 6.07) is 9.18. The Bertz CT molecular complexity index is 686. The molecule has 0 bridgehead atoms. The summed E-state index contributed by atoms with van der Waals surface area (Å²) in [6.07, 6.45) is 0. The minimum Gasteiger partial charge on any atom is -0.387 e. The second-order valence-corrected chi connectivity index (χ2v) is 4.20. The van der Waals surface area contributed by atoms with E-state index in [4.69, 9.17) is 0 Å². The third-order valence-electron chi connectivity index (χ3n) is 2.83. The fourth-order valence-corrected chi connectivity index (χ4v) is 1.78. The molecule has 21 heavy (non-hydrogen) atoms. The smallest absolute Gasteiger partial charge is 0.270 e. The standard InChI is InChI=1S/C14H12FN3O3/c1-16-13-7-6-11(18(20)21)8-12(13)14(19)17-10-4-2-9(15)3-5-10/h2-8,16H,1H3,(H,17,19). The van der Waals surface area contributed by atoms with Crippen LogP contribution < -0.4 is 10.6 Å². The van der Waals surface area contributed by atoms with Gasteiger partial charge >= 0.3 is 0 Å². The maximum atomic E-state index is 12.8. The molecule has 6 nitrogen and oxygen atoms in total. The number of rotatable bonds is 4. The molecule has 0 aliphatic rings. The van der Waals surface area contributed by atoms with E-state index < -0.39 is 16.6 Å². The molecule has 2 N–H and O–H groups in total. The Hall–Kier alpha value is -2.96. The number of hydrogen-bond acceptors (Lipinski definition) is 4. The minimum atomic E-state index is -0.575. The second-order valence-electron chi connectivity index (χ2n) is 4.20. The van der Waals surface area contributed by atoms with Crippen LogP contribution >= 0.6 is 0 Å². The van der Waals surface area contributed by atoms with E-state index in [2.05, 4.69) is 10.6 Å². The van der Waals surface area contributed by atoms with Gasteiger partial charge in [0.2, 0.25) is 0 Å². The van der Waals surface area contributed by atoms with Crippen molar-refractivity contribution in [1.29, 1.82) is 0 Å². The second kappa shape index (κ2) is 6.00. The topological polar surface area (TPSA) is 84.3 Å². The van der Waals surface area contributed by atoms with Crippen LogP contribution in [0.1, 0.15) is 10.4 Å². The van der Waals surface area contributed by atoms with E-state index in [1.165, 1.54) is 42.5 Å². The zero-order valence-corrected chi connectivity index (χ0v) is 11.1. The van der Waals surface area contributed by atoms with Crippen molar-refractivity contribution in [2.45, 2.75) is 0 Å². The molecule has 0 unspecified atom stereocenters. The number of nitrogens with one attached hydrogen (secondary N) is 2. The van der Waals surface area contributed by atoms with E-state index in [0.717, 1.165) is 0 Å². The van der Waals surface area contributed by atoms with Crippen LogP contribution in [0, 0.1) is 15.9 Å². The summed E-state index contributed by atoms with van der Waals surface area (Å²) in [5.74, 6) is -0.936. The first-order chi connectivity index (χ1) is 10.0. The Morgan fingerprint density at radius 2 is 1.86 bits per heavy atom. The van der Waals surface area contributed by atoms with E-state index in [-0.39, 0.29) is 11.3 Å². The highest BCUT2D eigenvalue weighted by Gasteiger charge is 2.16. The van der Waals surface area contributed by atoms with Gasteiger partial charge in [-0.25, -0.2) is 4.39 Å². The number of carbonyl (C=O) groups is 1. The van der Waals surface area contributed by atoms with Crippen LogP contribution in [0.15, 0.2) is 42.5 Å². The largest absolute Gasteiger partial charge is 0.387 e. The molecule has 7 heteroatoms. The van der Waals surface area contributed by atoms with Crippen molar-refractivity contribution in [3.63, 3.8) is 0 Å². The summed E-state index contributed by atoms with van der Waals surface area (Å²) in [4.78, 5) is 22.4. The van der Waals surface area contributed by atoms with Gasteiger partial charge in [-0.05, 0) is 30.3 Å². The first kappa shape index (κ1) is 14.4. The number of anilines is 2. The third-order valence-corrected chi connectivity index (χ3v) is 2.83. The van der Waals surface area contributed by atoms with Gasteiger partial charge < -0.3 is 10.6 Å². The van der Waals surface area contributed by atoms with Gasteiger partial charge in [0, 0.05) is 30.6 Å². The van der Waals surface area contributed by atoms with Gasteiger partial charge in [-0.1, -0.05) is 0 Å². The first-order valence-corrected chi connectivity index (χ1v) is 6.04. The zero-order chi connectivity index (χ0) is 15.4. The number of nitro benzene ring substituents is 1. The van der Waals surface area contributed by atoms with E-state index in [9.17, 15) is 19.3 Å². The maximum absolute atomic E-state index is 12.8. The van der Waals surface area contributed by atoms with Crippen molar-refractivity contribution < 1.29 is 14.1 Å². The van der Waals surface area contributed by atoms with E-state index in [1.54, 1.807) is 7.05 Å². The van der Waals surface area contributed by atoms with Crippen LogP contribution in [0.25, 0.3) is 0 Å². The molecule has 0 saturated carbocycles. The molecule has 0 aliphatic carbocycles. The third kappa shape index (κ3) is 3.33. The molecular formula is C14H12FN3O3. The lowest BCUT2D eigenvalue weighted by atomic mass is 10.1. The summed E-state index contributed by atoms with van der Waals surface area (Å²) >= 11 is 0. The van der Waals surface area contributed by atoms with Gasteiger partial charge in [0.25, 0.3) is 11.6 Å². The Morgan fingerprint density at radius 1 is 1.19 bits per heavy atom. The summed E-state index contributed by atoms with van der Waals surface area (Å²) in [5, 5.41) is 16.1. The van der Waals surface area contributed by atoms with Crippen LogP contribution in [-0.2, 0) is 0 Å². The Balaban J connectivity index is 2.30. The average molecular weight is 289 g/mol. The molecule has 0 saturated heterocycles. The van der Waals surface area contributed by atoms with Crippen LogP contribution in [0.5, 0.6) is 0 Å². The van der Waals surface area contributed by atoms with Crippen molar-refractivity contribution >= 4 is 23.0 Å². The molecular weight excluding hydrogens is 277 g/mol. The molecule has 108 valence electrons. The van der Waals surface area contributed by atoms with E-state index >= 15 is 0 Å². The lowest BCUT2D eigenvalue weighted by Crippen LogP contribution is -2.14. The van der Waals surface area contributed by atoms with Crippen molar-refractivity contribution in [1.82, 2.24) is 0 Å². The SMILES string of the molecule is CNc1ccc([N+](=O)[O-])cc1C(=O)Nc1ccc(F)cc1. The molecule has 0 atom stereocenters. The van der Waals surface area contributed by atoms with Crippen LogP contribution in [0.4, 0.5) is 21.5 Å². The molecule has 2 rings (SSSR count). The predicted molar refractivity (Wildman–Crippen MR) is 77.0 cm³/mol. The van der Waals surface area contributed by atoms with E-state index in [1.807, 2.05) is 0 Å². The van der Waals surface area contributed by atoms with Crippen LogP contribution in [0.3, 0.4) is 0 Å². The van der Waals surface area contributed by atoms with Gasteiger partial charge in [0.15, 0.2) is 0 Å². The fraction of sp³-hybridized carbons (Fsp3) is 0.0714. The zero-order valence-electron chi connectivity index (χ0n) is 11.1. The number of nitrogens with zero attached hydrogens (tertiary/aromatic N) is 1. The minimum absolute atomic E-state index is 0.135. The predicted octanol–water partition coefficient (Wildman–Crippen LogP) is 3.03. The quantitative estimate of drug-likeness (QED) is 0.669. The van der Waals surface area contributed by atoms with Gasteiger partial charge in [-0.15, -0.1) is 0 Å². The molecule has 2 aromatic carbocycles. The monoisotopic (exact) mass is 289 g/mol. The normalized spacial score (nSPS) is 10.0. The highest BCUT2D eigenvalue weighted by atomic mass is 19.1. The first-order valence-electron chi connectivity index (χ1n) is 6.04. The molecule has 2 aromatic rings. The number of halogens is 1. The number of amides is 1. The summed E-state index contributed by atoms with van der Waals surface area (Å²) in [5.41, 5.74) is 0.810. The summed E-state index contributed by atoms with van der Waals surface area (Å²) in [7, 11) is 1.61. The molecule has 0 spiro atoms. The van der Waals surface area contributed by atoms with Gasteiger partial charge in [-0.3, -0.25) is 14.9 Å². The summed E-state index contributed by atoms with van der Waals surface area (Å²) in [6.45, 7) is 0. The van der Waals surface area contributed by atoms with Crippen molar-refractivity contribution in [2.24, 2.45) is 0 Å². The van der Waals surface area contributed by atoms with Gasteiger partial charge in [0.05, 0.1) is 10.5 Å². The molecule has 0 aliphatic heterocycles.